The summed E-state index contributed by atoms with van der Waals surface area (Å²) in [7, 11) is 1.59. The number of halogens is 3. The fraction of sp³-hybridized carbons (Fsp3) is 0.191. The van der Waals surface area contributed by atoms with Crippen LogP contribution in [0.25, 0.3) is 17.1 Å². The predicted octanol–water partition coefficient (Wildman–Crippen LogP) is 0.117. The number of aromatic amines is 1. The van der Waals surface area contributed by atoms with E-state index in [2.05, 4.69) is 52.4 Å². The topological polar surface area (TPSA) is 328 Å². The number of rotatable bonds is 11. The largest absolute Gasteiger partial charge is 1.00 e. The van der Waals surface area contributed by atoms with Crippen molar-refractivity contribution in [2.75, 3.05) is 7.11 Å². The third-order valence-electron chi connectivity index (χ3n) is 7.93. The molecule has 0 saturated carbocycles. The molecule has 4 aromatic carbocycles. The molecule has 0 aliphatic rings. The van der Waals surface area contributed by atoms with Gasteiger partial charge in [0.2, 0.25) is 5.88 Å². The van der Waals surface area contributed by atoms with Gasteiger partial charge in [-0.05, 0) is 83.3 Å². The average Bonchev–Trinajstić information content (AvgIpc) is 4.25. The van der Waals surface area contributed by atoms with Crippen LogP contribution in [0, 0.1) is 39.7 Å². The van der Waals surface area contributed by atoms with Crippen molar-refractivity contribution in [3.63, 3.8) is 0 Å². The zero-order chi connectivity index (χ0) is 51.1. The summed E-state index contributed by atoms with van der Waals surface area (Å²) in [4.78, 5) is 69.4. The van der Waals surface area contributed by atoms with E-state index in [4.69, 9.17) is 25.0 Å². The maximum absolute atomic E-state index is 12.1. The Morgan fingerprint density at radius 3 is 1.26 bits per heavy atom. The Morgan fingerprint density at radius 2 is 1.00 bits per heavy atom. The summed E-state index contributed by atoms with van der Waals surface area (Å²) in [6.07, 6.45) is 13.6. The van der Waals surface area contributed by atoms with E-state index in [-0.39, 0.29) is 195 Å². The second kappa shape index (κ2) is 47.6. The molecule has 0 fully saturated rings. The fourth-order valence-corrected chi connectivity index (χ4v) is 5.10. The van der Waals surface area contributed by atoms with Crippen LogP contribution in [0.15, 0.2) is 147 Å². The third kappa shape index (κ3) is 31.0. The number of nitro benzene ring substituents is 3. The number of aliphatic hydroxyl groups excluding tert-OH is 2. The number of imidazole rings is 4. The van der Waals surface area contributed by atoms with E-state index in [9.17, 15) is 39.5 Å². The van der Waals surface area contributed by atoms with Crippen molar-refractivity contribution in [2.45, 2.75) is 56.8 Å². The molecule has 4 heterocycles. The summed E-state index contributed by atoms with van der Waals surface area (Å²) in [5.74, 6) is 0.227. The average molecular weight is 1340 g/mol. The molecule has 4 aromatic heterocycles. The van der Waals surface area contributed by atoms with Crippen molar-refractivity contribution in [3.05, 3.63) is 204 Å². The number of aliphatic hydroxyl groups is 2. The number of ether oxygens (including phenoxy) is 1. The number of H-pyrrole nitrogens is 1. The van der Waals surface area contributed by atoms with Crippen LogP contribution >= 0.6 is 22.6 Å². The first-order valence-electron chi connectivity index (χ1n) is 19.4. The van der Waals surface area contributed by atoms with E-state index in [0.717, 1.165) is 35.6 Å². The summed E-state index contributed by atoms with van der Waals surface area (Å²) in [6.45, 7) is 3.68. The Morgan fingerprint density at radius 1 is 0.658 bits per heavy atom. The molecule has 0 amide bonds. The van der Waals surface area contributed by atoms with Crippen LogP contribution in [0.3, 0.4) is 0 Å². The quantitative estimate of drug-likeness (QED) is 0.0387. The fourth-order valence-electron chi connectivity index (χ4n) is 4.74. The van der Waals surface area contributed by atoms with E-state index >= 15 is 0 Å². The van der Waals surface area contributed by atoms with Gasteiger partial charge in [0, 0.05) is 75.6 Å². The van der Waals surface area contributed by atoms with E-state index in [1.54, 1.807) is 78.1 Å². The Bertz CT molecular complexity index is 2760. The molecule has 0 unspecified atom stereocenters. The minimum Gasteiger partial charge on any atom is -1.00 e. The summed E-state index contributed by atoms with van der Waals surface area (Å²) in [6, 6.07) is 24.5. The molecule has 76 heavy (non-hydrogen) atoms. The number of carbonyl (C=O) groups is 2. The molecule has 0 bridgehead atoms. The van der Waals surface area contributed by atoms with Crippen molar-refractivity contribution >= 4 is 52.4 Å². The van der Waals surface area contributed by atoms with Crippen LogP contribution in [0.2, 0.25) is 0 Å². The summed E-state index contributed by atoms with van der Waals surface area (Å²) < 4.78 is 23.3. The standard InChI is InChI=1S/C10H9IN2O.C10H9N3O3.C10H7N3O3.C6H4FNO2.C4H6N2O.C2H6.CH2O3.4CH4.HI.2K.H/c11-8-1-3-10(4-2-8)13-5-9(6-14)12-7-13;2*14-6-8-5-12(7-11-8)9-1-3-10(4-2-9)13(15)16;7-5-1-3-6(4-2-5)8(9)10;1-7-4-2-5-3-6-4;1-2;2-1-4-3;;;;;;;;/h1-5,7,14H,6H2;1-5,7,14H,6H2;1-7H;1-4H;2-3H,1H3,(H,5,6);1-2H3;1,3H;4*1H4;1H;;;/q;;;;;;;;;;;;2*+1;-1/p-2. The van der Waals surface area contributed by atoms with Crippen molar-refractivity contribution < 1.29 is 182 Å². The molecule has 29 heteroatoms. The molecular formula is C47H59FI2K2N11O13-. The Labute approximate surface area is 556 Å². The first-order chi connectivity index (χ1) is 33.2. The first-order valence-corrected chi connectivity index (χ1v) is 20.5. The Kier molecular flexibility index (Phi) is 51.8. The molecular weight excluding hydrogens is 1280 g/mol. The zero-order valence-corrected chi connectivity index (χ0v) is 49.5. The number of aldehydes is 1. The number of carbonyl (C=O) groups excluding carboxylic acids is 2. The van der Waals surface area contributed by atoms with Gasteiger partial charge in [-0.1, -0.05) is 43.6 Å². The zero-order valence-electron chi connectivity index (χ0n) is 39.9. The van der Waals surface area contributed by atoms with Gasteiger partial charge >= 0.3 is 103 Å². The van der Waals surface area contributed by atoms with Crippen LogP contribution in [0.1, 0.15) is 66.9 Å². The van der Waals surface area contributed by atoms with Crippen LogP contribution in [0.5, 0.6) is 5.88 Å². The number of nitro groups is 3. The normalized spacial score (nSPS) is 8.58. The third-order valence-corrected chi connectivity index (χ3v) is 8.65. The molecule has 0 radical (unpaired) electrons. The molecule has 0 spiro atoms. The minimum atomic E-state index is -0.570. The number of non-ortho nitro benzene ring substituents is 3. The maximum Gasteiger partial charge on any atom is 1.00 e. The van der Waals surface area contributed by atoms with E-state index in [0.29, 0.717) is 34.9 Å². The van der Waals surface area contributed by atoms with Crippen LogP contribution < -0.4 is 137 Å². The van der Waals surface area contributed by atoms with E-state index < -0.39 is 20.6 Å². The molecule has 3 N–H and O–H groups in total. The monoisotopic (exact) mass is 1340 g/mol. The van der Waals surface area contributed by atoms with Gasteiger partial charge in [0.05, 0.1) is 71.7 Å². The number of nitrogens with zero attached hydrogens (tertiary/aromatic N) is 10. The van der Waals surface area contributed by atoms with Gasteiger partial charge in [0.15, 0.2) is 6.29 Å². The summed E-state index contributed by atoms with van der Waals surface area (Å²) in [5.41, 5.74) is 4.06. The second-order valence-corrected chi connectivity index (χ2v) is 13.5. The van der Waals surface area contributed by atoms with Crippen molar-refractivity contribution in [1.29, 1.82) is 0 Å². The summed E-state index contributed by atoms with van der Waals surface area (Å²) >= 11 is 2.26. The molecule has 8 aromatic rings. The first kappa shape index (κ1) is 82.7. The summed E-state index contributed by atoms with van der Waals surface area (Å²) in [5, 5.41) is 57.0. The van der Waals surface area contributed by atoms with Gasteiger partial charge in [-0.15, -0.1) is 0 Å². The molecule has 0 aliphatic heterocycles. The van der Waals surface area contributed by atoms with Gasteiger partial charge in [0.1, 0.15) is 17.8 Å². The number of benzene rings is 4. The van der Waals surface area contributed by atoms with Crippen LogP contribution in [-0.2, 0) is 22.9 Å². The van der Waals surface area contributed by atoms with Gasteiger partial charge < -0.3 is 69.2 Å². The van der Waals surface area contributed by atoms with Gasteiger partial charge in [-0.25, -0.2) is 24.3 Å². The van der Waals surface area contributed by atoms with E-state index in [1.165, 1.54) is 34.2 Å². The number of nitrogens with one attached hydrogen (secondary N) is 1. The van der Waals surface area contributed by atoms with Crippen molar-refractivity contribution in [1.82, 2.24) is 38.6 Å². The van der Waals surface area contributed by atoms with Gasteiger partial charge in [-0.3, -0.25) is 39.9 Å². The van der Waals surface area contributed by atoms with Crippen LogP contribution in [-0.4, -0.2) is 83.5 Å². The Hall–Kier alpha value is -4.60. The number of hydrogen-bond acceptors (Lipinski definition) is 17. The smallest absolute Gasteiger partial charge is 1.00 e. The maximum atomic E-state index is 12.1. The minimum absolute atomic E-state index is 0. The van der Waals surface area contributed by atoms with Gasteiger partial charge in [-0.2, -0.15) is 0 Å². The molecule has 404 valence electrons. The number of hydrogen-bond donors (Lipinski definition) is 3. The van der Waals surface area contributed by atoms with E-state index in [1.807, 2.05) is 48.9 Å². The predicted molar refractivity (Wildman–Crippen MR) is 279 cm³/mol. The molecule has 24 nitrogen and oxygen atoms in total. The molecule has 0 saturated heterocycles. The molecule has 0 aliphatic carbocycles. The Balaban J connectivity index is -0.000000154. The van der Waals surface area contributed by atoms with Gasteiger partial charge in [0.25, 0.3) is 23.5 Å². The SMILES string of the molecule is C.C.C.C.CC.COc1cnc[nH]1.O=CO[O-].O=Cc1cn(-c2ccc([N+](=O)[O-])cc2)cn1.O=[N+]([O-])c1ccc(-n2cnc(CO)c2)cc1.O=[N+]([O-])c1ccc(F)cc1.OCc1cn(-c2ccc(I)cc2)cn1.[H-].[I-].[K+].[K+]. The number of aromatic nitrogens is 8. The number of methoxy groups -OCH3 is 1. The van der Waals surface area contributed by atoms with Crippen LogP contribution in [0.4, 0.5) is 21.5 Å². The second-order valence-electron chi connectivity index (χ2n) is 12.3. The van der Waals surface area contributed by atoms with Crippen molar-refractivity contribution in [2.24, 2.45) is 0 Å². The molecule has 0 atom stereocenters. The molecule has 8 rings (SSSR count). The van der Waals surface area contributed by atoms with Crippen molar-refractivity contribution in [3.8, 4) is 22.9 Å².